The van der Waals surface area contributed by atoms with Crippen molar-refractivity contribution in [3.8, 4) is 0 Å². The molecule has 1 fully saturated rings. The van der Waals surface area contributed by atoms with Gasteiger partial charge in [-0.25, -0.2) is 4.79 Å². The molecule has 1 aromatic carbocycles. The van der Waals surface area contributed by atoms with Gasteiger partial charge in [0.15, 0.2) is 8.32 Å². The van der Waals surface area contributed by atoms with Crippen molar-refractivity contribution >= 4 is 32.0 Å². The molecular formula is C43H67NO9Si. The number of epoxide rings is 1. The zero-order valence-electron chi connectivity index (χ0n) is 34.3. The minimum Gasteiger partial charge on any atom is -0.457 e. The van der Waals surface area contributed by atoms with Crippen LogP contribution in [0, 0.1) is 17.8 Å². The summed E-state index contributed by atoms with van der Waals surface area (Å²) < 4.78 is 30.4. The predicted molar refractivity (Wildman–Crippen MR) is 215 cm³/mol. The number of cyclic esters (lactones) is 1. The fourth-order valence-electron chi connectivity index (χ4n) is 7.40. The molecule has 10 nitrogen and oxygen atoms in total. The molecule has 0 aromatic heterocycles. The van der Waals surface area contributed by atoms with E-state index in [2.05, 4.69) is 46.0 Å². The number of nitrogens with one attached hydrogen (secondary N) is 1. The van der Waals surface area contributed by atoms with Crippen LogP contribution in [-0.4, -0.2) is 73.7 Å². The van der Waals surface area contributed by atoms with Crippen molar-refractivity contribution in [1.82, 2.24) is 0 Å². The number of anilines is 1. The molecule has 11 heteroatoms. The topological polar surface area (TPSA) is 133 Å². The molecule has 0 saturated carbocycles. The lowest BCUT2D eigenvalue weighted by Gasteiger charge is -2.36. The second kappa shape index (κ2) is 21.2. The van der Waals surface area contributed by atoms with Crippen molar-refractivity contribution in [2.24, 2.45) is 17.8 Å². The van der Waals surface area contributed by atoms with Gasteiger partial charge in [0, 0.05) is 24.4 Å². The highest BCUT2D eigenvalue weighted by Crippen LogP contribution is 2.38. The molecule has 54 heavy (non-hydrogen) atoms. The molecule has 10 atom stereocenters. The average molecular weight is 770 g/mol. The van der Waals surface area contributed by atoms with Gasteiger partial charge in [-0.15, -0.1) is 0 Å². The lowest BCUT2D eigenvalue weighted by Crippen LogP contribution is -2.45. The normalized spacial score (nSPS) is 29.2. The van der Waals surface area contributed by atoms with Crippen LogP contribution in [0.3, 0.4) is 0 Å². The number of benzene rings is 1. The third-order valence-corrected chi connectivity index (χ3v) is 15.9. The fraction of sp³-hybridized carbons (Fsp3) is 0.651. The van der Waals surface area contributed by atoms with Gasteiger partial charge in [0.1, 0.15) is 23.9 Å². The van der Waals surface area contributed by atoms with E-state index in [4.69, 9.17) is 23.4 Å². The lowest BCUT2D eigenvalue weighted by molar-refractivity contribution is -0.157. The Balaban J connectivity index is 1.70. The predicted octanol–water partition coefficient (Wildman–Crippen LogP) is 9.31. The number of hydrogen-bond donors (Lipinski definition) is 2. The Morgan fingerprint density at radius 3 is 2.35 bits per heavy atom. The monoisotopic (exact) mass is 769 g/mol. The Hall–Kier alpha value is -3.25. The molecular weight excluding hydrogens is 703 g/mol. The number of carbonyl (C=O) groups excluding carboxylic acids is 3. The van der Waals surface area contributed by atoms with E-state index < -0.39 is 44.3 Å². The number of aliphatic hydroxyl groups is 1. The van der Waals surface area contributed by atoms with Gasteiger partial charge in [-0.1, -0.05) is 91.0 Å². The summed E-state index contributed by atoms with van der Waals surface area (Å²) in [5, 5.41) is 14.3. The fourth-order valence-corrected chi connectivity index (χ4v) is 10.3. The van der Waals surface area contributed by atoms with Gasteiger partial charge >= 0.3 is 18.0 Å². The van der Waals surface area contributed by atoms with Crippen LogP contribution in [0.25, 0.3) is 0 Å². The summed E-state index contributed by atoms with van der Waals surface area (Å²) in [5.74, 6) is -0.836. The quantitative estimate of drug-likeness (QED) is 0.0422. The van der Waals surface area contributed by atoms with Crippen LogP contribution in [0.1, 0.15) is 101 Å². The van der Waals surface area contributed by atoms with E-state index in [0.29, 0.717) is 24.9 Å². The lowest BCUT2D eigenvalue weighted by atomic mass is 9.88. The zero-order chi connectivity index (χ0) is 40.1. The van der Waals surface area contributed by atoms with E-state index in [1.807, 2.05) is 69.3 Å². The molecule has 302 valence electrons. The second-order valence-corrected chi connectivity index (χ2v) is 20.3. The van der Waals surface area contributed by atoms with E-state index in [0.717, 1.165) is 30.1 Å². The van der Waals surface area contributed by atoms with E-state index in [1.165, 1.54) is 6.92 Å². The van der Waals surface area contributed by atoms with Gasteiger partial charge in [-0.05, 0) is 87.4 Å². The molecule has 1 aromatic rings. The molecule has 2 N–H and O–H groups in total. The maximum Gasteiger partial charge on any atom is 0.411 e. The highest BCUT2D eigenvalue weighted by molar-refractivity contribution is 6.73. The summed E-state index contributed by atoms with van der Waals surface area (Å²) in [6.07, 6.45) is 9.45. The first kappa shape index (κ1) is 45.1. The van der Waals surface area contributed by atoms with Crippen LogP contribution in [0.4, 0.5) is 10.5 Å². The number of para-hydroxylation sites is 1. The largest absolute Gasteiger partial charge is 0.457 e. The molecule has 0 bridgehead atoms. The number of ether oxygens (including phenoxy) is 4. The van der Waals surface area contributed by atoms with E-state index >= 15 is 0 Å². The molecule has 2 heterocycles. The van der Waals surface area contributed by atoms with Crippen molar-refractivity contribution in [2.45, 2.75) is 162 Å². The van der Waals surface area contributed by atoms with Gasteiger partial charge in [-0.3, -0.25) is 14.9 Å². The van der Waals surface area contributed by atoms with Crippen LogP contribution in [0.15, 0.2) is 66.3 Å². The average Bonchev–Trinajstić information content (AvgIpc) is 3.90. The maximum atomic E-state index is 13.6. The van der Waals surface area contributed by atoms with Gasteiger partial charge in [0.05, 0.1) is 24.7 Å². The molecule has 2 aliphatic rings. The molecule has 1 amide bonds. The summed E-state index contributed by atoms with van der Waals surface area (Å²) in [5.41, 5.74) is 0.194. The third-order valence-electron chi connectivity index (χ3n) is 11.2. The molecule has 0 aliphatic carbocycles. The van der Waals surface area contributed by atoms with Gasteiger partial charge in [-0.2, -0.15) is 0 Å². The number of esters is 2. The van der Waals surface area contributed by atoms with Crippen molar-refractivity contribution in [3.05, 3.63) is 66.3 Å². The number of allylic oxidation sites excluding steroid dienone is 3. The molecule has 0 radical (unpaired) electrons. The van der Waals surface area contributed by atoms with Crippen molar-refractivity contribution in [2.75, 3.05) is 5.32 Å². The van der Waals surface area contributed by atoms with E-state index in [-0.39, 0.29) is 48.5 Å². The van der Waals surface area contributed by atoms with Crippen LogP contribution in [0.5, 0.6) is 0 Å². The number of carbonyl (C=O) groups is 3. The SMILES string of the molecule is CCC(OC(=O)Nc1ccccc1)C(C)C1OC1CC(C)/C=C/C=C(\C)C1OC(=O)CC(O[Si](CC)(CC)CC)CCC(C)(O)C(OC(C)=O)/C=C\C1C. The Morgan fingerprint density at radius 2 is 1.74 bits per heavy atom. The van der Waals surface area contributed by atoms with Gasteiger partial charge < -0.3 is 28.5 Å². The van der Waals surface area contributed by atoms with Gasteiger partial charge in [0.2, 0.25) is 0 Å². The van der Waals surface area contributed by atoms with Crippen LogP contribution >= 0.6 is 0 Å². The second-order valence-electron chi connectivity index (χ2n) is 15.6. The first-order valence-electron chi connectivity index (χ1n) is 20.0. The molecule has 1 saturated heterocycles. The standard InChI is InChI=1S/C43H67NO9Si/c1-11-36(51-42(47)44-34-21-16-15-17-22-34)32(8)41-37(50-41)27-29(5)19-18-20-30(6)40-31(7)23-24-38(49-33(9)45)43(10,48)26-25-35(28-39(46)52-40)53-54(12-2,13-3)14-4/h15-24,29,31-32,35-38,40-41,48H,11-14,25-28H2,1-10H3,(H,44,47)/b19-18+,24-23-,30-20+. The Morgan fingerprint density at radius 1 is 1.07 bits per heavy atom. The third kappa shape index (κ3) is 13.8. The first-order valence-corrected chi connectivity index (χ1v) is 22.6. The molecule has 3 rings (SSSR count). The van der Waals surface area contributed by atoms with Crippen LogP contribution in [-0.2, 0) is 33.0 Å². The number of amides is 1. The minimum atomic E-state index is -2.08. The highest BCUT2D eigenvalue weighted by Gasteiger charge is 2.46. The highest BCUT2D eigenvalue weighted by atomic mass is 28.4. The Kier molecular flexibility index (Phi) is 17.7. The van der Waals surface area contributed by atoms with E-state index in [9.17, 15) is 19.5 Å². The Labute approximate surface area is 325 Å². The van der Waals surface area contributed by atoms with E-state index in [1.54, 1.807) is 13.0 Å². The van der Waals surface area contributed by atoms with Crippen molar-refractivity contribution in [3.63, 3.8) is 0 Å². The molecule has 0 spiro atoms. The Bertz CT molecular complexity index is 1430. The summed E-state index contributed by atoms with van der Waals surface area (Å²) in [6.45, 7) is 19.6. The first-order chi connectivity index (χ1) is 25.6. The van der Waals surface area contributed by atoms with Crippen molar-refractivity contribution < 1.29 is 42.9 Å². The summed E-state index contributed by atoms with van der Waals surface area (Å²) >= 11 is 0. The minimum absolute atomic E-state index is 0.0140. The van der Waals surface area contributed by atoms with Crippen LogP contribution in [0.2, 0.25) is 18.1 Å². The number of hydrogen-bond acceptors (Lipinski definition) is 9. The molecule has 10 unspecified atom stereocenters. The van der Waals surface area contributed by atoms with Crippen LogP contribution < -0.4 is 5.32 Å². The number of rotatable bonds is 16. The zero-order valence-corrected chi connectivity index (χ0v) is 35.3. The van der Waals surface area contributed by atoms with Gasteiger partial charge in [0.25, 0.3) is 0 Å². The summed E-state index contributed by atoms with van der Waals surface area (Å²) in [7, 11) is -2.08. The van der Waals surface area contributed by atoms with Crippen molar-refractivity contribution in [1.29, 1.82) is 0 Å². The summed E-state index contributed by atoms with van der Waals surface area (Å²) in [6, 6.07) is 12.0. The smallest absolute Gasteiger partial charge is 0.411 e. The molecule has 2 aliphatic heterocycles. The summed E-state index contributed by atoms with van der Waals surface area (Å²) in [4.78, 5) is 38.2. The maximum absolute atomic E-state index is 13.6.